The molecule has 194 valence electrons. The van der Waals surface area contributed by atoms with E-state index in [4.69, 9.17) is 0 Å². The van der Waals surface area contributed by atoms with Crippen molar-refractivity contribution in [3.8, 4) is 16.8 Å². The van der Waals surface area contributed by atoms with Crippen molar-refractivity contribution in [3.63, 3.8) is 0 Å². The molecule has 0 saturated heterocycles. The van der Waals surface area contributed by atoms with Crippen LogP contribution in [0.25, 0.3) is 44.1 Å². The first-order valence-electron chi connectivity index (χ1n) is 14.4. The summed E-state index contributed by atoms with van der Waals surface area (Å²) >= 11 is 0. The fourth-order valence-electron chi connectivity index (χ4n) is 6.28. The van der Waals surface area contributed by atoms with Crippen molar-refractivity contribution in [2.45, 2.75) is 26.7 Å². The maximum atomic E-state index is 2.51. The molecule has 2 heterocycles. The predicted molar refractivity (Wildman–Crippen MR) is 171 cm³/mol. The van der Waals surface area contributed by atoms with E-state index in [1.54, 1.807) is 0 Å². The van der Waals surface area contributed by atoms with Crippen LogP contribution in [0.4, 0.5) is 11.5 Å². The van der Waals surface area contributed by atoms with E-state index in [9.17, 15) is 0 Å². The summed E-state index contributed by atoms with van der Waals surface area (Å²) in [5, 5.41) is 3.82. The van der Waals surface area contributed by atoms with Gasteiger partial charge in [-0.1, -0.05) is 117 Å². The molecule has 2 aliphatic rings. The van der Waals surface area contributed by atoms with Gasteiger partial charge in [-0.15, -0.1) is 0 Å². The highest BCUT2D eigenvalue weighted by Gasteiger charge is 2.30. The second-order valence-corrected chi connectivity index (χ2v) is 10.1. The van der Waals surface area contributed by atoms with E-state index < -0.39 is 0 Å². The van der Waals surface area contributed by atoms with E-state index in [1.807, 2.05) is 13.8 Å². The molecule has 2 heteroatoms. The van der Waals surface area contributed by atoms with Crippen molar-refractivity contribution < 1.29 is 0 Å². The molecule has 0 saturated carbocycles. The second kappa shape index (κ2) is 10.1. The minimum Gasteiger partial charge on any atom is -0.299 e. The van der Waals surface area contributed by atoms with Gasteiger partial charge in [0.1, 0.15) is 5.82 Å². The van der Waals surface area contributed by atoms with Gasteiger partial charge in [-0.05, 0) is 65.1 Å². The van der Waals surface area contributed by atoms with Crippen molar-refractivity contribution in [2.75, 3.05) is 4.90 Å². The van der Waals surface area contributed by atoms with Gasteiger partial charge in [0.2, 0.25) is 0 Å². The van der Waals surface area contributed by atoms with Crippen LogP contribution < -0.4 is 4.90 Å². The third-order valence-corrected chi connectivity index (χ3v) is 7.96. The van der Waals surface area contributed by atoms with E-state index in [0.717, 1.165) is 12.8 Å². The van der Waals surface area contributed by atoms with Gasteiger partial charge in [-0.3, -0.25) is 9.47 Å². The Morgan fingerprint density at radius 3 is 2.25 bits per heavy atom. The third-order valence-electron chi connectivity index (χ3n) is 7.96. The molecular weight excluding hydrogens is 484 g/mol. The first-order valence-corrected chi connectivity index (χ1v) is 14.4. The molecule has 0 N–H and O–H groups in total. The van der Waals surface area contributed by atoms with E-state index in [2.05, 4.69) is 143 Å². The highest BCUT2D eigenvalue weighted by atomic mass is 15.3. The van der Waals surface area contributed by atoms with Crippen molar-refractivity contribution in [1.29, 1.82) is 0 Å². The molecule has 1 aliphatic carbocycles. The normalized spacial score (nSPS) is 13.8. The molecule has 8 rings (SSSR count). The number of aromatic nitrogens is 1. The summed E-state index contributed by atoms with van der Waals surface area (Å²) in [6.45, 7) is 4.00. The summed E-state index contributed by atoms with van der Waals surface area (Å²) in [5.41, 5.74) is 10.1. The topological polar surface area (TPSA) is 8.17 Å². The lowest BCUT2D eigenvalue weighted by atomic mass is 9.90. The molecule has 5 aromatic carbocycles. The first-order chi connectivity index (χ1) is 19.9. The van der Waals surface area contributed by atoms with Crippen molar-refractivity contribution in [2.24, 2.45) is 0 Å². The summed E-state index contributed by atoms with van der Waals surface area (Å²) in [6.07, 6.45) is 6.72. The van der Waals surface area contributed by atoms with Gasteiger partial charge >= 0.3 is 0 Å². The summed E-state index contributed by atoms with van der Waals surface area (Å²) in [7, 11) is 0. The second-order valence-electron chi connectivity index (χ2n) is 10.1. The van der Waals surface area contributed by atoms with Gasteiger partial charge in [0, 0.05) is 27.9 Å². The molecule has 0 radical (unpaired) electrons. The number of hydrogen-bond donors (Lipinski definition) is 0. The van der Waals surface area contributed by atoms with Crippen molar-refractivity contribution in [1.82, 2.24) is 4.57 Å². The van der Waals surface area contributed by atoms with Crippen LogP contribution in [0.15, 0.2) is 139 Å². The number of anilines is 2. The Morgan fingerprint density at radius 2 is 1.38 bits per heavy atom. The lowest BCUT2D eigenvalue weighted by molar-refractivity contribution is 0.913. The van der Waals surface area contributed by atoms with Gasteiger partial charge in [0.05, 0.1) is 11.2 Å². The summed E-state index contributed by atoms with van der Waals surface area (Å²) in [4.78, 5) is 2.51. The number of hydrogen-bond acceptors (Lipinski definition) is 1. The zero-order valence-corrected chi connectivity index (χ0v) is 23.0. The van der Waals surface area contributed by atoms with Crippen LogP contribution in [0.5, 0.6) is 0 Å². The van der Waals surface area contributed by atoms with E-state index in [1.165, 1.54) is 66.8 Å². The minimum absolute atomic E-state index is 0.992. The maximum absolute atomic E-state index is 2.51. The average Bonchev–Trinajstić information content (AvgIpc) is 3.35. The molecule has 1 aliphatic heterocycles. The Kier molecular flexibility index (Phi) is 6.09. The number of nitrogens with zero attached hydrogens (tertiary/aromatic N) is 2. The molecular formula is C38H32N2. The molecule has 0 bridgehead atoms. The van der Waals surface area contributed by atoms with Gasteiger partial charge in [-0.25, -0.2) is 0 Å². The average molecular weight is 517 g/mol. The van der Waals surface area contributed by atoms with Crippen molar-refractivity contribution in [3.05, 3.63) is 145 Å². The maximum Gasteiger partial charge on any atom is 0.123 e. The third kappa shape index (κ3) is 3.79. The SMILES string of the molecule is C1=CC2=C(CC1)N(c1cccc(-c3ccccc3)c1)c1cc3ccccc3n1-c1ccc3ccccc3c12.CC. The molecule has 40 heavy (non-hydrogen) atoms. The Morgan fingerprint density at radius 1 is 0.625 bits per heavy atom. The van der Waals surface area contributed by atoms with Crippen LogP contribution in [0.2, 0.25) is 0 Å². The molecule has 6 aromatic rings. The van der Waals surface area contributed by atoms with Crippen LogP contribution >= 0.6 is 0 Å². The lowest BCUT2D eigenvalue weighted by Gasteiger charge is -2.30. The quantitative estimate of drug-likeness (QED) is 0.222. The van der Waals surface area contributed by atoms with E-state index >= 15 is 0 Å². The van der Waals surface area contributed by atoms with Gasteiger partial charge in [0.25, 0.3) is 0 Å². The highest BCUT2D eigenvalue weighted by molar-refractivity contribution is 6.05. The fraction of sp³-hybridized carbons (Fsp3) is 0.105. The zero-order chi connectivity index (χ0) is 27.1. The Labute approximate surface area is 236 Å². The molecule has 2 nitrogen and oxygen atoms in total. The number of para-hydroxylation sites is 1. The number of benzene rings is 5. The van der Waals surface area contributed by atoms with Gasteiger partial charge in [0.15, 0.2) is 0 Å². The molecule has 1 aromatic heterocycles. The fourth-order valence-corrected chi connectivity index (χ4v) is 6.28. The lowest BCUT2D eigenvalue weighted by Crippen LogP contribution is -2.19. The van der Waals surface area contributed by atoms with Crippen LogP contribution in [-0.4, -0.2) is 4.57 Å². The van der Waals surface area contributed by atoms with Crippen molar-refractivity contribution >= 4 is 38.8 Å². The summed E-state index contributed by atoms with van der Waals surface area (Å²) in [5.74, 6) is 1.19. The van der Waals surface area contributed by atoms with Gasteiger partial charge < -0.3 is 0 Å². The molecule has 0 fully saturated rings. The Balaban J connectivity index is 0.00000130. The molecule has 0 atom stereocenters. The number of fused-ring (bicyclic) bond motifs is 8. The molecule has 0 spiro atoms. The summed E-state index contributed by atoms with van der Waals surface area (Å²) < 4.78 is 2.47. The zero-order valence-electron chi connectivity index (χ0n) is 23.0. The Hall–Kier alpha value is -4.82. The van der Waals surface area contributed by atoms with E-state index in [0.29, 0.717) is 0 Å². The van der Waals surface area contributed by atoms with Gasteiger partial charge in [-0.2, -0.15) is 0 Å². The smallest absolute Gasteiger partial charge is 0.123 e. The number of rotatable bonds is 2. The number of allylic oxidation sites excluding steroid dienone is 4. The van der Waals surface area contributed by atoms with Crippen LogP contribution in [0.1, 0.15) is 32.3 Å². The Bertz CT molecular complexity index is 1920. The van der Waals surface area contributed by atoms with Crippen LogP contribution in [0.3, 0.4) is 0 Å². The standard InChI is InChI=1S/C36H26N2.C2H6/c1-2-11-25(12-3-1)27-15-10-16-29(23-27)37-33-20-9-7-18-31(33)36-30-17-6-4-13-26(30)21-22-34(36)38-32-19-8-5-14-28(32)24-35(37)38;1-2/h1-8,10-19,21-24H,9,20H2;1-2H3. The monoisotopic (exact) mass is 516 g/mol. The van der Waals surface area contributed by atoms with Crippen LogP contribution in [0, 0.1) is 0 Å². The largest absolute Gasteiger partial charge is 0.299 e. The highest BCUT2D eigenvalue weighted by Crippen LogP contribution is 2.48. The first kappa shape index (κ1) is 24.2. The summed E-state index contributed by atoms with van der Waals surface area (Å²) in [6, 6.07) is 44.2. The predicted octanol–water partition coefficient (Wildman–Crippen LogP) is 10.7. The molecule has 0 amide bonds. The van der Waals surface area contributed by atoms with Crippen LogP contribution in [-0.2, 0) is 0 Å². The minimum atomic E-state index is 0.992. The molecule has 0 unspecified atom stereocenters. The van der Waals surface area contributed by atoms with E-state index in [-0.39, 0.29) is 0 Å².